The number of para-hydroxylation sites is 1. The molecule has 0 saturated heterocycles. The zero-order chi connectivity index (χ0) is 15.4. The molecule has 1 aromatic carbocycles. The molecule has 4 heteroatoms. The van der Waals surface area contributed by atoms with Crippen molar-refractivity contribution in [1.82, 2.24) is 9.55 Å². The molecule has 2 aromatic heterocycles. The van der Waals surface area contributed by atoms with Crippen molar-refractivity contribution >= 4 is 22.5 Å². The summed E-state index contributed by atoms with van der Waals surface area (Å²) in [6.07, 6.45) is 7.75. The van der Waals surface area contributed by atoms with E-state index in [4.69, 9.17) is 0 Å². The highest BCUT2D eigenvalue weighted by Crippen LogP contribution is 2.21. The molecule has 22 heavy (non-hydrogen) atoms. The first kappa shape index (κ1) is 14.3. The third kappa shape index (κ3) is 3.17. The monoisotopic (exact) mass is 293 g/mol. The highest BCUT2D eigenvalue weighted by molar-refractivity contribution is 5.90. The van der Waals surface area contributed by atoms with Crippen LogP contribution in [0.4, 0.5) is 5.69 Å². The van der Waals surface area contributed by atoms with E-state index in [0.717, 1.165) is 18.5 Å². The number of hydrogen-bond donors (Lipinski definition) is 1. The van der Waals surface area contributed by atoms with Crippen LogP contribution >= 0.6 is 0 Å². The lowest BCUT2D eigenvalue weighted by Gasteiger charge is -2.04. The third-order valence-corrected chi connectivity index (χ3v) is 3.77. The van der Waals surface area contributed by atoms with Crippen LogP contribution in [0.3, 0.4) is 0 Å². The van der Waals surface area contributed by atoms with Gasteiger partial charge in [-0.3, -0.25) is 9.78 Å². The Bertz CT molecular complexity index is 777. The molecule has 0 atom stereocenters. The molecule has 0 aliphatic carbocycles. The van der Waals surface area contributed by atoms with Gasteiger partial charge in [-0.1, -0.05) is 18.2 Å². The van der Waals surface area contributed by atoms with Crippen molar-refractivity contribution in [2.24, 2.45) is 7.05 Å². The molecule has 0 aliphatic rings. The second-order valence-corrected chi connectivity index (χ2v) is 5.43. The Morgan fingerprint density at radius 2 is 2.09 bits per heavy atom. The summed E-state index contributed by atoms with van der Waals surface area (Å²) in [5.41, 5.74) is 3.28. The van der Waals surface area contributed by atoms with Crippen LogP contribution in [0.15, 0.2) is 55.0 Å². The molecule has 112 valence electrons. The van der Waals surface area contributed by atoms with E-state index in [1.165, 1.54) is 16.5 Å². The van der Waals surface area contributed by atoms with Crippen molar-refractivity contribution < 1.29 is 4.79 Å². The molecule has 0 spiro atoms. The second-order valence-electron chi connectivity index (χ2n) is 5.43. The first-order chi connectivity index (χ1) is 10.7. The van der Waals surface area contributed by atoms with Crippen LogP contribution in [-0.2, 0) is 18.3 Å². The molecule has 1 N–H and O–H groups in total. The van der Waals surface area contributed by atoms with Gasteiger partial charge in [0.25, 0.3) is 0 Å². The van der Waals surface area contributed by atoms with E-state index in [2.05, 4.69) is 46.3 Å². The Kier molecular flexibility index (Phi) is 4.19. The molecular formula is C18H19N3O. The van der Waals surface area contributed by atoms with Gasteiger partial charge in [0.15, 0.2) is 0 Å². The molecule has 3 rings (SSSR count). The van der Waals surface area contributed by atoms with Crippen LogP contribution in [0.5, 0.6) is 0 Å². The van der Waals surface area contributed by atoms with Crippen LogP contribution in [-0.4, -0.2) is 15.5 Å². The van der Waals surface area contributed by atoms with E-state index >= 15 is 0 Å². The summed E-state index contributed by atoms with van der Waals surface area (Å²) in [7, 11) is 2.06. The van der Waals surface area contributed by atoms with Gasteiger partial charge < -0.3 is 9.88 Å². The quantitative estimate of drug-likeness (QED) is 0.782. The van der Waals surface area contributed by atoms with Crippen LogP contribution in [0.2, 0.25) is 0 Å². The average molecular weight is 293 g/mol. The predicted octanol–water partition coefficient (Wildman–Crippen LogP) is 3.53. The molecule has 4 nitrogen and oxygen atoms in total. The van der Waals surface area contributed by atoms with Gasteiger partial charge in [0.1, 0.15) is 0 Å². The van der Waals surface area contributed by atoms with Gasteiger partial charge in [-0.15, -0.1) is 0 Å². The average Bonchev–Trinajstić information content (AvgIpc) is 2.85. The van der Waals surface area contributed by atoms with Crippen LogP contribution in [0.25, 0.3) is 10.9 Å². The minimum Gasteiger partial charge on any atom is -0.350 e. The number of amides is 1. The van der Waals surface area contributed by atoms with Crippen molar-refractivity contribution in [2.75, 3.05) is 5.32 Å². The molecule has 0 saturated carbocycles. The van der Waals surface area contributed by atoms with Gasteiger partial charge in [0.2, 0.25) is 5.91 Å². The number of anilines is 1. The summed E-state index contributed by atoms with van der Waals surface area (Å²) < 4.78 is 2.14. The standard InChI is InChI=1S/C18H19N3O/c1-21-13-14(16-8-2-3-9-17(16)21)6-4-10-18(22)20-15-7-5-11-19-12-15/h2-3,5,7-9,11-13H,4,6,10H2,1H3,(H,20,22). The van der Waals surface area contributed by atoms with Crippen molar-refractivity contribution in [3.63, 3.8) is 0 Å². The van der Waals surface area contributed by atoms with E-state index < -0.39 is 0 Å². The number of nitrogens with one attached hydrogen (secondary N) is 1. The van der Waals surface area contributed by atoms with Crippen LogP contribution in [0.1, 0.15) is 18.4 Å². The summed E-state index contributed by atoms with van der Waals surface area (Å²) >= 11 is 0. The molecule has 0 aliphatic heterocycles. The zero-order valence-electron chi connectivity index (χ0n) is 12.6. The van der Waals surface area contributed by atoms with Gasteiger partial charge in [0, 0.05) is 36.8 Å². The summed E-state index contributed by atoms with van der Waals surface area (Å²) in [5.74, 6) is 0.0354. The summed E-state index contributed by atoms with van der Waals surface area (Å²) in [6, 6.07) is 12.0. The van der Waals surface area contributed by atoms with E-state index in [9.17, 15) is 4.79 Å². The molecule has 0 fully saturated rings. The van der Waals surface area contributed by atoms with E-state index in [0.29, 0.717) is 6.42 Å². The second kappa shape index (κ2) is 6.43. The Balaban J connectivity index is 1.57. The number of benzene rings is 1. The number of rotatable bonds is 5. The van der Waals surface area contributed by atoms with Gasteiger partial charge in [-0.25, -0.2) is 0 Å². The Morgan fingerprint density at radius 1 is 1.23 bits per heavy atom. The molecule has 3 aromatic rings. The minimum absolute atomic E-state index is 0.0354. The van der Waals surface area contributed by atoms with Gasteiger partial charge in [-0.05, 0) is 36.6 Å². The topological polar surface area (TPSA) is 46.9 Å². The summed E-state index contributed by atoms with van der Waals surface area (Å²) in [4.78, 5) is 15.9. The fourth-order valence-electron chi connectivity index (χ4n) is 2.72. The Morgan fingerprint density at radius 3 is 2.91 bits per heavy atom. The number of carbonyl (C=O) groups excluding carboxylic acids is 1. The van der Waals surface area contributed by atoms with Crippen molar-refractivity contribution in [3.8, 4) is 0 Å². The Labute approximate surface area is 129 Å². The number of fused-ring (bicyclic) bond motifs is 1. The molecule has 0 bridgehead atoms. The van der Waals surface area contributed by atoms with Crippen molar-refractivity contribution in [1.29, 1.82) is 0 Å². The van der Waals surface area contributed by atoms with Gasteiger partial charge in [0.05, 0.1) is 11.9 Å². The summed E-state index contributed by atoms with van der Waals surface area (Å²) in [5, 5.41) is 4.14. The number of aromatic nitrogens is 2. The first-order valence-electron chi connectivity index (χ1n) is 7.47. The smallest absolute Gasteiger partial charge is 0.224 e. The summed E-state index contributed by atoms with van der Waals surface area (Å²) in [6.45, 7) is 0. The van der Waals surface area contributed by atoms with Crippen LogP contribution in [0, 0.1) is 0 Å². The fourth-order valence-corrected chi connectivity index (χ4v) is 2.72. The first-order valence-corrected chi connectivity index (χ1v) is 7.47. The molecule has 1 amide bonds. The maximum Gasteiger partial charge on any atom is 0.224 e. The number of aryl methyl sites for hydroxylation is 2. The molecular weight excluding hydrogens is 274 g/mol. The lowest BCUT2D eigenvalue weighted by molar-refractivity contribution is -0.116. The van der Waals surface area contributed by atoms with Gasteiger partial charge >= 0.3 is 0 Å². The number of nitrogens with zero attached hydrogens (tertiary/aromatic N) is 2. The van der Waals surface area contributed by atoms with Crippen molar-refractivity contribution in [3.05, 3.63) is 60.6 Å². The van der Waals surface area contributed by atoms with Crippen molar-refractivity contribution in [2.45, 2.75) is 19.3 Å². The number of hydrogen-bond acceptors (Lipinski definition) is 2. The lowest BCUT2D eigenvalue weighted by atomic mass is 10.1. The Hall–Kier alpha value is -2.62. The maximum atomic E-state index is 11.9. The number of carbonyl (C=O) groups is 1. The van der Waals surface area contributed by atoms with Gasteiger partial charge in [-0.2, -0.15) is 0 Å². The lowest BCUT2D eigenvalue weighted by Crippen LogP contribution is -2.11. The highest BCUT2D eigenvalue weighted by Gasteiger charge is 2.07. The predicted molar refractivity (Wildman–Crippen MR) is 88.7 cm³/mol. The zero-order valence-corrected chi connectivity index (χ0v) is 12.6. The highest BCUT2D eigenvalue weighted by atomic mass is 16.1. The van der Waals surface area contributed by atoms with E-state index in [1.54, 1.807) is 12.4 Å². The van der Waals surface area contributed by atoms with Crippen LogP contribution < -0.4 is 5.32 Å². The largest absolute Gasteiger partial charge is 0.350 e. The normalized spacial score (nSPS) is 10.8. The minimum atomic E-state index is 0.0354. The molecule has 0 radical (unpaired) electrons. The molecule has 0 unspecified atom stereocenters. The fraction of sp³-hybridized carbons (Fsp3) is 0.222. The van der Waals surface area contributed by atoms with E-state index in [1.807, 2.05) is 18.2 Å². The SMILES string of the molecule is Cn1cc(CCCC(=O)Nc2cccnc2)c2ccccc21. The maximum absolute atomic E-state index is 11.9. The van der Waals surface area contributed by atoms with E-state index in [-0.39, 0.29) is 5.91 Å². The number of pyridine rings is 1. The molecule has 2 heterocycles. The third-order valence-electron chi connectivity index (χ3n) is 3.77.